The molecule has 138 valence electrons. The second-order valence-corrected chi connectivity index (χ2v) is 7.88. The highest BCUT2D eigenvalue weighted by molar-refractivity contribution is 5.92. The fourth-order valence-electron chi connectivity index (χ4n) is 4.16. The van der Waals surface area contributed by atoms with E-state index < -0.39 is 0 Å². The van der Waals surface area contributed by atoms with Crippen LogP contribution in [0.15, 0.2) is 46.1 Å². The predicted octanol–water partition coefficient (Wildman–Crippen LogP) is 4.54. The fraction of sp³-hybridized carbons (Fsp3) is 0.429. The van der Waals surface area contributed by atoms with Crippen LogP contribution < -0.4 is 10.3 Å². The molecular formula is C21H27N3O2. The molecule has 26 heavy (non-hydrogen) atoms. The maximum absolute atomic E-state index is 11.8. The minimum absolute atomic E-state index is 0.132. The highest BCUT2D eigenvalue weighted by Crippen LogP contribution is 2.44. The van der Waals surface area contributed by atoms with Crippen molar-refractivity contribution in [1.82, 2.24) is 5.43 Å². The van der Waals surface area contributed by atoms with Gasteiger partial charge in [-0.3, -0.25) is 4.79 Å². The van der Waals surface area contributed by atoms with Gasteiger partial charge in [-0.2, -0.15) is 5.10 Å². The molecule has 1 aliphatic heterocycles. The average molecular weight is 353 g/mol. The van der Waals surface area contributed by atoms with Crippen molar-refractivity contribution in [2.24, 2.45) is 5.10 Å². The van der Waals surface area contributed by atoms with Crippen LogP contribution in [0.2, 0.25) is 0 Å². The monoisotopic (exact) mass is 353 g/mol. The standard InChI is InChI=1S/C21H27N3O2/c1-14(2)24-18-9-8-16(11-17(18)15(3)12-21(24,4)5)13-22-23-20(25)19-7-6-10-26-19/h6-11,13-15H,12H2,1-5H3,(H,23,25)/b22-13-. The van der Waals surface area contributed by atoms with Crippen molar-refractivity contribution < 1.29 is 9.21 Å². The van der Waals surface area contributed by atoms with Crippen molar-refractivity contribution in [3.63, 3.8) is 0 Å². The van der Waals surface area contributed by atoms with Gasteiger partial charge < -0.3 is 9.32 Å². The summed E-state index contributed by atoms with van der Waals surface area (Å²) in [6, 6.07) is 10.1. The lowest BCUT2D eigenvalue weighted by Crippen LogP contribution is -2.51. The number of rotatable bonds is 4. The maximum atomic E-state index is 11.8. The van der Waals surface area contributed by atoms with Crippen LogP contribution >= 0.6 is 0 Å². The Kier molecular flexibility index (Phi) is 4.90. The van der Waals surface area contributed by atoms with Crippen LogP contribution in [0.1, 0.15) is 68.6 Å². The first-order valence-electron chi connectivity index (χ1n) is 9.10. The van der Waals surface area contributed by atoms with E-state index >= 15 is 0 Å². The summed E-state index contributed by atoms with van der Waals surface area (Å²) in [6.45, 7) is 11.4. The summed E-state index contributed by atoms with van der Waals surface area (Å²) in [5, 5.41) is 4.06. The Morgan fingerprint density at radius 3 is 2.81 bits per heavy atom. The summed E-state index contributed by atoms with van der Waals surface area (Å²) < 4.78 is 5.05. The molecule has 5 heteroatoms. The molecular weight excluding hydrogens is 326 g/mol. The van der Waals surface area contributed by atoms with Crippen molar-refractivity contribution >= 4 is 17.8 Å². The van der Waals surface area contributed by atoms with Crippen molar-refractivity contribution in [3.8, 4) is 0 Å². The number of nitrogens with zero attached hydrogens (tertiary/aromatic N) is 2. The van der Waals surface area contributed by atoms with Crippen molar-refractivity contribution in [2.75, 3.05) is 4.90 Å². The summed E-state index contributed by atoms with van der Waals surface area (Å²) in [5.74, 6) is 0.363. The number of benzene rings is 1. The van der Waals surface area contributed by atoms with Gasteiger partial charge >= 0.3 is 5.91 Å². The van der Waals surface area contributed by atoms with Crippen LogP contribution in [-0.4, -0.2) is 23.7 Å². The molecule has 0 fully saturated rings. The van der Waals surface area contributed by atoms with Crippen LogP contribution in [-0.2, 0) is 0 Å². The van der Waals surface area contributed by atoms with E-state index in [1.165, 1.54) is 17.5 Å². The van der Waals surface area contributed by atoms with Crippen LogP contribution in [0.5, 0.6) is 0 Å². The van der Waals surface area contributed by atoms with Crippen molar-refractivity contribution in [3.05, 3.63) is 53.5 Å². The molecule has 0 saturated heterocycles. The third kappa shape index (κ3) is 3.52. The second-order valence-electron chi connectivity index (χ2n) is 7.88. The molecule has 0 aliphatic carbocycles. The zero-order valence-electron chi connectivity index (χ0n) is 16.1. The number of anilines is 1. The number of hydrogen-bond acceptors (Lipinski definition) is 4. The maximum Gasteiger partial charge on any atom is 0.307 e. The largest absolute Gasteiger partial charge is 0.459 e. The molecule has 1 aromatic heterocycles. The SMILES string of the molecule is CC1CC(C)(C)N(C(C)C)c2ccc(/C=N\NC(=O)c3ccco3)cc21. The molecule has 0 bridgehead atoms. The fourth-order valence-corrected chi connectivity index (χ4v) is 4.16. The van der Waals surface area contributed by atoms with E-state index in [2.05, 4.69) is 62.2 Å². The Labute approximate surface area is 155 Å². The van der Waals surface area contributed by atoms with Gasteiger partial charge in [0.1, 0.15) is 0 Å². The third-order valence-electron chi connectivity index (χ3n) is 4.94. The molecule has 5 nitrogen and oxygen atoms in total. The molecule has 3 rings (SSSR count). The van der Waals surface area contributed by atoms with E-state index in [0.717, 1.165) is 12.0 Å². The summed E-state index contributed by atoms with van der Waals surface area (Å²) in [5.41, 5.74) is 6.22. The van der Waals surface area contributed by atoms with Gasteiger partial charge in [0.2, 0.25) is 0 Å². The first-order chi connectivity index (χ1) is 12.3. The first kappa shape index (κ1) is 18.2. The third-order valence-corrected chi connectivity index (χ3v) is 4.94. The minimum Gasteiger partial charge on any atom is -0.459 e. The zero-order valence-corrected chi connectivity index (χ0v) is 16.1. The normalized spacial score (nSPS) is 19.0. The number of carbonyl (C=O) groups is 1. The minimum atomic E-state index is -0.356. The molecule has 1 aliphatic rings. The highest BCUT2D eigenvalue weighted by atomic mass is 16.3. The number of furan rings is 1. The van der Waals surface area contributed by atoms with Gasteiger partial charge in [-0.15, -0.1) is 0 Å². The predicted molar refractivity (Wildman–Crippen MR) is 105 cm³/mol. The van der Waals surface area contributed by atoms with E-state index in [-0.39, 0.29) is 17.2 Å². The van der Waals surface area contributed by atoms with Gasteiger partial charge in [-0.05, 0) is 75.4 Å². The Balaban J connectivity index is 1.81. The summed E-state index contributed by atoms with van der Waals surface area (Å²) >= 11 is 0. The Morgan fingerprint density at radius 1 is 1.38 bits per heavy atom. The van der Waals surface area contributed by atoms with Crippen molar-refractivity contribution in [1.29, 1.82) is 0 Å². The quantitative estimate of drug-likeness (QED) is 0.648. The summed E-state index contributed by atoms with van der Waals surface area (Å²) in [6.07, 6.45) is 4.24. The molecule has 1 atom stereocenters. The van der Waals surface area contributed by atoms with Gasteiger partial charge in [0.05, 0.1) is 12.5 Å². The molecule has 1 aromatic carbocycles. The molecule has 0 spiro atoms. The van der Waals surface area contributed by atoms with Crippen LogP contribution in [0, 0.1) is 0 Å². The molecule has 2 heterocycles. The zero-order chi connectivity index (χ0) is 18.9. The van der Waals surface area contributed by atoms with Gasteiger partial charge in [-0.25, -0.2) is 5.43 Å². The Hall–Kier alpha value is -2.56. The summed E-state index contributed by atoms with van der Waals surface area (Å²) in [7, 11) is 0. The van der Waals surface area contributed by atoms with E-state index in [9.17, 15) is 4.79 Å². The van der Waals surface area contributed by atoms with Crippen LogP contribution in [0.3, 0.4) is 0 Å². The van der Waals surface area contributed by atoms with Gasteiger partial charge in [-0.1, -0.05) is 13.0 Å². The van der Waals surface area contributed by atoms with E-state index in [1.54, 1.807) is 18.3 Å². The first-order valence-corrected chi connectivity index (χ1v) is 9.10. The smallest absolute Gasteiger partial charge is 0.307 e. The summed E-state index contributed by atoms with van der Waals surface area (Å²) in [4.78, 5) is 14.3. The lowest BCUT2D eigenvalue weighted by atomic mass is 9.79. The Morgan fingerprint density at radius 2 is 2.15 bits per heavy atom. The van der Waals surface area contributed by atoms with E-state index in [1.807, 2.05) is 6.07 Å². The number of hydrogen-bond donors (Lipinski definition) is 1. The molecule has 1 N–H and O–H groups in total. The van der Waals surface area contributed by atoms with Crippen molar-refractivity contribution in [2.45, 2.75) is 58.5 Å². The number of nitrogens with one attached hydrogen (secondary N) is 1. The van der Waals surface area contributed by atoms with Crippen LogP contribution in [0.25, 0.3) is 0 Å². The van der Waals surface area contributed by atoms with Gasteiger partial charge in [0.15, 0.2) is 5.76 Å². The number of hydrazone groups is 1. The lowest BCUT2D eigenvalue weighted by molar-refractivity contribution is 0.0927. The van der Waals surface area contributed by atoms with Crippen LogP contribution in [0.4, 0.5) is 5.69 Å². The molecule has 1 unspecified atom stereocenters. The molecule has 0 saturated carbocycles. The number of carbonyl (C=O) groups excluding carboxylic acids is 1. The van der Waals surface area contributed by atoms with E-state index in [4.69, 9.17) is 4.42 Å². The van der Waals surface area contributed by atoms with Gasteiger partial charge in [0.25, 0.3) is 0 Å². The van der Waals surface area contributed by atoms with E-state index in [0.29, 0.717) is 12.0 Å². The lowest BCUT2D eigenvalue weighted by Gasteiger charge is -2.50. The number of fused-ring (bicyclic) bond motifs is 1. The van der Waals surface area contributed by atoms with Gasteiger partial charge in [0, 0.05) is 17.3 Å². The number of amides is 1. The second kappa shape index (κ2) is 6.98. The highest BCUT2D eigenvalue weighted by Gasteiger charge is 2.37. The topological polar surface area (TPSA) is 57.8 Å². The average Bonchev–Trinajstić information content (AvgIpc) is 3.08. The molecule has 0 radical (unpaired) electrons. The Bertz CT molecular complexity index is 807. The molecule has 2 aromatic rings. The molecule has 1 amide bonds.